The molecule has 112 valence electrons. The number of para-hydroxylation sites is 1. The van der Waals surface area contributed by atoms with E-state index in [0.717, 1.165) is 17.7 Å². The minimum atomic E-state index is -3.61. The minimum Gasteiger partial charge on any atom is -0.390 e. The smallest absolute Gasteiger partial charge is 0.265 e. The molecule has 0 saturated carbocycles. The number of nitrogens with zero attached hydrogens (tertiary/aromatic N) is 1. The summed E-state index contributed by atoms with van der Waals surface area (Å²) in [5.74, 6) is 0.269. The highest BCUT2D eigenvalue weighted by atomic mass is 32.2. The highest BCUT2D eigenvalue weighted by molar-refractivity contribution is 7.92. The van der Waals surface area contributed by atoms with Crippen LogP contribution >= 0.6 is 0 Å². The van der Waals surface area contributed by atoms with Crippen molar-refractivity contribution in [2.24, 2.45) is 5.92 Å². The highest BCUT2D eigenvalue weighted by Crippen LogP contribution is 2.33. The van der Waals surface area contributed by atoms with Gasteiger partial charge in [-0.1, -0.05) is 25.1 Å². The predicted molar refractivity (Wildman–Crippen MR) is 80.6 cm³/mol. The minimum absolute atomic E-state index is 0.190. The molecular weight excluding hydrogens is 288 g/mol. The van der Waals surface area contributed by atoms with Gasteiger partial charge in [0.2, 0.25) is 0 Å². The first-order chi connectivity index (χ1) is 10.0. The first kappa shape index (κ1) is 14.2. The van der Waals surface area contributed by atoms with Crippen LogP contribution in [0, 0.1) is 5.92 Å². The Morgan fingerprint density at radius 3 is 2.86 bits per heavy atom. The number of rotatable bonds is 3. The van der Waals surface area contributed by atoms with Crippen LogP contribution in [0.25, 0.3) is 0 Å². The number of aromatic amines is 1. The summed E-state index contributed by atoms with van der Waals surface area (Å²) < 4.78 is 27.2. The van der Waals surface area contributed by atoms with Gasteiger partial charge >= 0.3 is 0 Å². The maximum absolute atomic E-state index is 12.8. The van der Waals surface area contributed by atoms with Gasteiger partial charge in [0.15, 0.2) is 0 Å². The Labute approximate surface area is 124 Å². The van der Waals surface area contributed by atoms with E-state index in [-0.39, 0.29) is 17.4 Å². The number of benzene rings is 1. The Bertz CT molecular complexity index is 752. The molecule has 1 aliphatic rings. The Morgan fingerprint density at radius 2 is 2.14 bits per heavy atom. The van der Waals surface area contributed by atoms with Crippen LogP contribution < -0.4 is 4.31 Å². The van der Waals surface area contributed by atoms with Crippen molar-refractivity contribution in [2.45, 2.75) is 24.8 Å². The molecule has 5 nitrogen and oxygen atoms in total. The number of aliphatic hydroxyl groups excluding tert-OH is 1. The second kappa shape index (κ2) is 5.20. The number of aromatic nitrogens is 1. The SMILES string of the molecule is CC1Cc2ccccc2N(S(=O)(=O)c2c[nH]c(CO)c2)C1. The number of sulfonamides is 1. The summed E-state index contributed by atoms with van der Waals surface area (Å²) in [6.07, 6.45) is 2.32. The number of hydrogen-bond acceptors (Lipinski definition) is 3. The molecule has 0 spiro atoms. The Balaban J connectivity index is 2.07. The van der Waals surface area contributed by atoms with Gasteiger partial charge in [-0.3, -0.25) is 4.31 Å². The summed E-state index contributed by atoms with van der Waals surface area (Å²) in [4.78, 5) is 2.97. The lowest BCUT2D eigenvalue weighted by molar-refractivity contribution is 0.277. The Hall–Kier alpha value is -1.79. The van der Waals surface area contributed by atoms with Gasteiger partial charge in [-0.25, -0.2) is 8.42 Å². The zero-order valence-electron chi connectivity index (χ0n) is 11.8. The lowest BCUT2D eigenvalue weighted by Crippen LogP contribution is -2.39. The van der Waals surface area contributed by atoms with E-state index >= 15 is 0 Å². The van der Waals surface area contributed by atoms with Crippen LogP contribution in [0.2, 0.25) is 0 Å². The van der Waals surface area contributed by atoms with Crippen LogP contribution in [-0.2, 0) is 23.1 Å². The molecule has 0 radical (unpaired) electrons. The Morgan fingerprint density at radius 1 is 1.38 bits per heavy atom. The fraction of sp³-hybridized carbons (Fsp3) is 0.333. The van der Waals surface area contributed by atoms with Crippen molar-refractivity contribution in [2.75, 3.05) is 10.8 Å². The van der Waals surface area contributed by atoms with Crippen molar-refractivity contribution >= 4 is 15.7 Å². The quantitative estimate of drug-likeness (QED) is 0.909. The van der Waals surface area contributed by atoms with E-state index in [0.29, 0.717) is 12.2 Å². The first-order valence-electron chi connectivity index (χ1n) is 6.91. The van der Waals surface area contributed by atoms with Crippen LogP contribution in [0.15, 0.2) is 41.4 Å². The molecule has 0 amide bonds. The zero-order valence-corrected chi connectivity index (χ0v) is 12.6. The van der Waals surface area contributed by atoms with Crippen molar-refractivity contribution < 1.29 is 13.5 Å². The molecular formula is C15H18N2O3S. The molecule has 0 aliphatic carbocycles. The Kier molecular flexibility index (Phi) is 3.51. The monoisotopic (exact) mass is 306 g/mol. The van der Waals surface area contributed by atoms with Crippen molar-refractivity contribution in [3.8, 4) is 0 Å². The molecule has 0 fully saturated rings. The van der Waals surface area contributed by atoms with E-state index in [4.69, 9.17) is 5.11 Å². The fourth-order valence-electron chi connectivity index (χ4n) is 2.76. The molecule has 6 heteroatoms. The molecule has 1 unspecified atom stereocenters. The van der Waals surface area contributed by atoms with Gasteiger partial charge in [0.1, 0.15) is 4.90 Å². The van der Waals surface area contributed by atoms with Crippen LogP contribution in [0.3, 0.4) is 0 Å². The molecule has 0 saturated heterocycles. The van der Waals surface area contributed by atoms with Crippen LogP contribution in [0.4, 0.5) is 5.69 Å². The number of hydrogen-bond donors (Lipinski definition) is 2. The van der Waals surface area contributed by atoms with E-state index in [1.807, 2.05) is 24.3 Å². The van der Waals surface area contributed by atoms with Crippen molar-refractivity contribution in [3.63, 3.8) is 0 Å². The second-order valence-electron chi connectivity index (χ2n) is 5.49. The van der Waals surface area contributed by atoms with E-state index in [9.17, 15) is 8.42 Å². The van der Waals surface area contributed by atoms with Gasteiger partial charge in [-0.15, -0.1) is 0 Å². The van der Waals surface area contributed by atoms with E-state index in [2.05, 4.69) is 11.9 Å². The number of nitrogens with one attached hydrogen (secondary N) is 1. The highest BCUT2D eigenvalue weighted by Gasteiger charge is 2.32. The normalized spacial score (nSPS) is 18.6. The molecule has 2 N–H and O–H groups in total. The molecule has 1 aliphatic heterocycles. The molecule has 1 aromatic carbocycles. The van der Waals surface area contributed by atoms with E-state index < -0.39 is 10.0 Å². The van der Waals surface area contributed by atoms with Crippen molar-refractivity contribution in [3.05, 3.63) is 47.8 Å². The third kappa shape index (κ3) is 2.45. The maximum Gasteiger partial charge on any atom is 0.265 e. The average Bonchev–Trinajstić information content (AvgIpc) is 2.96. The summed E-state index contributed by atoms with van der Waals surface area (Å²) in [6, 6.07) is 9.09. The van der Waals surface area contributed by atoms with Crippen LogP contribution in [0.5, 0.6) is 0 Å². The van der Waals surface area contributed by atoms with Crippen LogP contribution in [-0.4, -0.2) is 25.1 Å². The summed E-state index contributed by atoms with van der Waals surface area (Å²) in [5.41, 5.74) is 2.30. The molecule has 2 aromatic rings. The topological polar surface area (TPSA) is 73.4 Å². The molecule has 2 heterocycles. The first-order valence-corrected chi connectivity index (χ1v) is 8.35. The summed E-state index contributed by atoms with van der Waals surface area (Å²) >= 11 is 0. The number of anilines is 1. The maximum atomic E-state index is 12.8. The molecule has 1 atom stereocenters. The molecule has 0 bridgehead atoms. The van der Waals surface area contributed by atoms with Crippen LogP contribution in [0.1, 0.15) is 18.2 Å². The summed E-state index contributed by atoms with van der Waals surface area (Å²) in [7, 11) is -3.61. The fourth-order valence-corrected chi connectivity index (χ4v) is 4.40. The standard InChI is InChI=1S/C15H18N2O3S/c1-11-6-12-4-2-3-5-15(12)17(9-11)21(19,20)14-7-13(10-18)16-8-14/h2-5,7-8,11,16,18H,6,9-10H2,1H3. The number of fused-ring (bicyclic) bond motifs is 1. The van der Waals surface area contributed by atoms with Gasteiger partial charge in [0.05, 0.1) is 12.3 Å². The van der Waals surface area contributed by atoms with E-state index in [1.54, 1.807) is 0 Å². The van der Waals surface area contributed by atoms with Crippen molar-refractivity contribution in [1.29, 1.82) is 0 Å². The molecule has 3 rings (SSSR count). The van der Waals surface area contributed by atoms with Gasteiger partial charge in [-0.2, -0.15) is 0 Å². The second-order valence-corrected chi connectivity index (χ2v) is 7.36. The number of H-pyrrole nitrogens is 1. The van der Waals surface area contributed by atoms with Gasteiger partial charge in [0, 0.05) is 18.4 Å². The third-order valence-electron chi connectivity index (χ3n) is 3.78. The largest absolute Gasteiger partial charge is 0.390 e. The van der Waals surface area contributed by atoms with Crippen molar-refractivity contribution in [1.82, 2.24) is 4.98 Å². The lowest BCUT2D eigenvalue weighted by atomic mass is 9.96. The zero-order chi connectivity index (χ0) is 15.0. The third-order valence-corrected chi connectivity index (χ3v) is 5.54. The lowest BCUT2D eigenvalue weighted by Gasteiger charge is -2.33. The van der Waals surface area contributed by atoms with Gasteiger partial charge in [-0.05, 0) is 30.0 Å². The number of aliphatic hydroxyl groups is 1. The molecule has 1 aromatic heterocycles. The average molecular weight is 306 g/mol. The summed E-state index contributed by atoms with van der Waals surface area (Å²) in [6.45, 7) is 2.32. The van der Waals surface area contributed by atoms with Gasteiger partial charge < -0.3 is 10.1 Å². The summed E-state index contributed by atoms with van der Waals surface area (Å²) in [5, 5.41) is 9.09. The predicted octanol–water partition coefficient (Wildman–Crippen LogP) is 1.89. The van der Waals surface area contributed by atoms with E-state index in [1.165, 1.54) is 16.6 Å². The molecule has 21 heavy (non-hydrogen) atoms. The van der Waals surface area contributed by atoms with Gasteiger partial charge in [0.25, 0.3) is 10.0 Å².